The zero-order chi connectivity index (χ0) is 22.4. The van der Waals surface area contributed by atoms with Crippen LogP contribution in [0, 0.1) is 0 Å². The Kier molecular flexibility index (Phi) is 8.13. The average molecular weight is 487 g/mol. The molecule has 1 N–H and O–H groups in total. The maximum atomic E-state index is 13.1. The summed E-state index contributed by atoms with van der Waals surface area (Å²) < 4.78 is 6.78. The number of anilines is 1. The summed E-state index contributed by atoms with van der Waals surface area (Å²) in [5.41, 5.74) is 2.06. The Bertz CT molecular complexity index is 923. The summed E-state index contributed by atoms with van der Waals surface area (Å²) in [6.45, 7) is 4.04. The van der Waals surface area contributed by atoms with Gasteiger partial charge in [0.2, 0.25) is 0 Å². The number of amides is 2. The molecule has 2 aromatic carbocycles. The van der Waals surface area contributed by atoms with Gasteiger partial charge in [0.15, 0.2) is 6.61 Å². The van der Waals surface area contributed by atoms with E-state index in [0.717, 1.165) is 35.7 Å². The van der Waals surface area contributed by atoms with Crippen LogP contribution >= 0.6 is 15.9 Å². The van der Waals surface area contributed by atoms with E-state index in [2.05, 4.69) is 35.1 Å². The molecule has 0 saturated heterocycles. The number of benzene rings is 2. The Balaban J connectivity index is 1.67. The highest BCUT2D eigenvalue weighted by atomic mass is 79.9. The summed E-state index contributed by atoms with van der Waals surface area (Å²) in [5, 5.41) is 2.86. The molecular weight excluding hydrogens is 456 g/mol. The summed E-state index contributed by atoms with van der Waals surface area (Å²) in [6.07, 6.45) is 5.63. The molecule has 0 aromatic heterocycles. The first-order chi connectivity index (χ1) is 14.9. The van der Waals surface area contributed by atoms with Gasteiger partial charge in [0, 0.05) is 17.6 Å². The van der Waals surface area contributed by atoms with Crippen molar-refractivity contribution in [2.45, 2.75) is 57.9 Å². The monoisotopic (exact) mass is 486 g/mol. The molecule has 0 unspecified atom stereocenters. The van der Waals surface area contributed by atoms with Crippen LogP contribution in [0.15, 0.2) is 46.9 Å². The second-order valence-electron chi connectivity index (χ2n) is 8.43. The fourth-order valence-corrected chi connectivity index (χ4v) is 4.41. The molecule has 1 fully saturated rings. The van der Waals surface area contributed by atoms with E-state index in [1.807, 2.05) is 42.3 Å². The van der Waals surface area contributed by atoms with Crippen LogP contribution < -0.4 is 10.1 Å². The number of ether oxygens (including phenoxy) is 1. The van der Waals surface area contributed by atoms with Gasteiger partial charge in [-0.2, -0.15) is 0 Å². The van der Waals surface area contributed by atoms with Crippen LogP contribution in [0.25, 0.3) is 0 Å². The van der Waals surface area contributed by atoms with Crippen molar-refractivity contribution in [2.24, 2.45) is 0 Å². The predicted octanol–water partition coefficient (Wildman–Crippen LogP) is 5.99. The summed E-state index contributed by atoms with van der Waals surface area (Å²) in [4.78, 5) is 27.6. The molecule has 6 heteroatoms. The Hall–Kier alpha value is -2.34. The molecule has 0 radical (unpaired) electrons. The molecule has 2 aromatic rings. The minimum Gasteiger partial charge on any atom is -0.483 e. The molecule has 0 aliphatic heterocycles. The first kappa shape index (κ1) is 23.3. The van der Waals surface area contributed by atoms with Gasteiger partial charge in [-0.25, -0.2) is 0 Å². The highest BCUT2D eigenvalue weighted by molar-refractivity contribution is 9.10. The Morgan fingerprint density at radius 3 is 2.55 bits per heavy atom. The number of hydrogen-bond acceptors (Lipinski definition) is 3. The summed E-state index contributed by atoms with van der Waals surface area (Å²) in [7, 11) is 1.86. The molecule has 1 aliphatic carbocycles. The molecule has 1 aliphatic rings. The van der Waals surface area contributed by atoms with Crippen LogP contribution in [-0.4, -0.2) is 36.4 Å². The molecule has 1 saturated carbocycles. The van der Waals surface area contributed by atoms with E-state index in [9.17, 15) is 9.59 Å². The van der Waals surface area contributed by atoms with Crippen LogP contribution in [0.5, 0.6) is 5.75 Å². The maximum absolute atomic E-state index is 13.1. The standard InChI is InChI=1S/C25H31BrN2O3/c1-17(2)21-15-18(26)13-14-23(21)31-16-24(29)27-22-12-8-7-11-20(22)25(30)28(3)19-9-5-4-6-10-19/h7-8,11-15,17,19H,4-6,9-10,16H2,1-3H3,(H,27,29). The van der Waals surface area contributed by atoms with E-state index >= 15 is 0 Å². The minimum absolute atomic E-state index is 0.0567. The number of carbonyl (C=O) groups is 2. The fourth-order valence-electron chi connectivity index (χ4n) is 4.03. The molecule has 0 bridgehead atoms. The average Bonchev–Trinajstić information content (AvgIpc) is 2.78. The van der Waals surface area contributed by atoms with Crippen molar-refractivity contribution in [3.05, 3.63) is 58.1 Å². The van der Waals surface area contributed by atoms with Gasteiger partial charge < -0.3 is 15.0 Å². The topological polar surface area (TPSA) is 58.6 Å². The minimum atomic E-state index is -0.293. The lowest BCUT2D eigenvalue weighted by molar-refractivity contribution is -0.118. The van der Waals surface area contributed by atoms with Crippen LogP contribution in [-0.2, 0) is 4.79 Å². The predicted molar refractivity (Wildman–Crippen MR) is 128 cm³/mol. The first-order valence-corrected chi connectivity index (χ1v) is 11.7. The van der Waals surface area contributed by atoms with Gasteiger partial charge in [-0.05, 0) is 54.7 Å². The van der Waals surface area contributed by atoms with E-state index < -0.39 is 0 Å². The largest absolute Gasteiger partial charge is 0.483 e. The Labute approximate surface area is 193 Å². The van der Waals surface area contributed by atoms with Gasteiger partial charge in [-0.15, -0.1) is 0 Å². The van der Waals surface area contributed by atoms with E-state index in [0.29, 0.717) is 17.0 Å². The van der Waals surface area contributed by atoms with Gasteiger partial charge in [-0.1, -0.05) is 61.2 Å². The van der Waals surface area contributed by atoms with Crippen molar-refractivity contribution in [1.82, 2.24) is 4.90 Å². The van der Waals surface area contributed by atoms with Gasteiger partial charge in [-0.3, -0.25) is 9.59 Å². The van der Waals surface area contributed by atoms with Crippen LogP contribution in [0.1, 0.15) is 67.8 Å². The zero-order valence-corrected chi connectivity index (χ0v) is 20.1. The maximum Gasteiger partial charge on any atom is 0.262 e. The van der Waals surface area contributed by atoms with Crippen molar-refractivity contribution < 1.29 is 14.3 Å². The second-order valence-corrected chi connectivity index (χ2v) is 9.34. The van der Waals surface area contributed by atoms with Crippen molar-refractivity contribution >= 4 is 33.4 Å². The Morgan fingerprint density at radius 2 is 1.84 bits per heavy atom. The smallest absolute Gasteiger partial charge is 0.262 e. The van der Waals surface area contributed by atoms with Crippen LogP contribution in [0.2, 0.25) is 0 Å². The molecule has 31 heavy (non-hydrogen) atoms. The quantitative estimate of drug-likeness (QED) is 0.522. The van der Waals surface area contributed by atoms with Crippen molar-refractivity contribution in [3.8, 4) is 5.75 Å². The number of nitrogens with one attached hydrogen (secondary N) is 1. The van der Waals surface area contributed by atoms with E-state index in [1.54, 1.807) is 12.1 Å². The lowest BCUT2D eigenvalue weighted by atomic mass is 9.94. The summed E-state index contributed by atoms with van der Waals surface area (Å²) in [5.74, 6) is 0.607. The molecule has 3 rings (SSSR count). The molecule has 0 atom stereocenters. The SMILES string of the molecule is CC(C)c1cc(Br)ccc1OCC(=O)Nc1ccccc1C(=O)N(C)C1CCCCC1. The van der Waals surface area contributed by atoms with Gasteiger partial charge in [0.1, 0.15) is 5.75 Å². The second kappa shape index (κ2) is 10.8. The number of hydrogen-bond donors (Lipinski definition) is 1. The lowest BCUT2D eigenvalue weighted by Crippen LogP contribution is -2.38. The van der Waals surface area contributed by atoms with Crippen molar-refractivity contribution in [2.75, 3.05) is 19.0 Å². The van der Waals surface area contributed by atoms with Crippen LogP contribution in [0.4, 0.5) is 5.69 Å². The molecule has 2 amide bonds. The van der Waals surface area contributed by atoms with Gasteiger partial charge >= 0.3 is 0 Å². The van der Waals surface area contributed by atoms with E-state index in [-0.39, 0.29) is 30.4 Å². The molecule has 166 valence electrons. The van der Waals surface area contributed by atoms with E-state index in [4.69, 9.17) is 4.74 Å². The number of rotatable bonds is 7. The van der Waals surface area contributed by atoms with E-state index in [1.165, 1.54) is 6.42 Å². The fraction of sp³-hybridized carbons (Fsp3) is 0.440. The van der Waals surface area contributed by atoms with Crippen LogP contribution in [0.3, 0.4) is 0 Å². The zero-order valence-electron chi connectivity index (χ0n) is 18.5. The van der Waals surface area contributed by atoms with Gasteiger partial charge in [0.25, 0.3) is 11.8 Å². The highest BCUT2D eigenvalue weighted by Gasteiger charge is 2.25. The van der Waals surface area contributed by atoms with Gasteiger partial charge in [0.05, 0.1) is 11.3 Å². The van der Waals surface area contributed by atoms with Crippen molar-refractivity contribution in [1.29, 1.82) is 0 Å². The number of halogens is 1. The highest BCUT2D eigenvalue weighted by Crippen LogP contribution is 2.30. The molecular formula is C25H31BrN2O3. The molecule has 0 heterocycles. The Morgan fingerprint density at radius 1 is 1.13 bits per heavy atom. The summed E-state index contributed by atoms with van der Waals surface area (Å²) >= 11 is 3.48. The summed E-state index contributed by atoms with van der Waals surface area (Å²) in [6, 6.07) is 13.2. The normalized spacial score (nSPS) is 14.4. The third-order valence-corrected chi connectivity index (χ3v) is 6.32. The van der Waals surface area contributed by atoms with Crippen molar-refractivity contribution in [3.63, 3.8) is 0 Å². The molecule has 5 nitrogen and oxygen atoms in total. The first-order valence-electron chi connectivity index (χ1n) is 10.9. The third kappa shape index (κ3) is 6.10. The number of carbonyl (C=O) groups excluding carboxylic acids is 2. The number of nitrogens with zero attached hydrogens (tertiary/aromatic N) is 1. The third-order valence-electron chi connectivity index (χ3n) is 5.83. The molecule has 0 spiro atoms. The lowest BCUT2D eigenvalue weighted by Gasteiger charge is -2.31. The number of para-hydroxylation sites is 1.